The number of halogens is 2. The van der Waals surface area contributed by atoms with Crippen LogP contribution < -0.4 is 4.90 Å². The Labute approximate surface area is 152 Å². The maximum atomic E-state index is 5.67. The van der Waals surface area contributed by atoms with E-state index in [1.54, 1.807) is 0 Å². The quantitative estimate of drug-likeness (QED) is 0.662. The van der Waals surface area contributed by atoms with Crippen molar-refractivity contribution in [3.8, 4) is 0 Å². The van der Waals surface area contributed by atoms with Crippen molar-refractivity contribution < 1.29 is 4.74 Å². The van der Waals surface area contributed by atoms with Crippen molar-refractivity contribution in [1.29, 1.82) is 0 Å². The summed E-state index contributed by atoms with van der Waals surface area (Å²) in [6, 6.07) is 9.25. The third kappa shape index (κ3) is 3.66. The number of nitrogens with zero attached hydrogens (tertiary/aromatic N) is 2. The number of aryl methyl sites for hydroxylation is 1. The summed E-state index contributed by atoms with van der Waals surface area (Å²) >= 11 is 2.35. The van der Waals surface area contributed by atoms with Crippen LogP contribution in [-0.2, 0) is 4.74 Å². The molecule has 3 nitrogen and oxygen atoms in total. The smallest absolute Gasteiger partial charge is 0.0736 e. The van der Waals surface area contributed by atoms with E-state index in [4.69, 9.17) is 9.72 Å². The van der Waals surface area contributed by atoms with E-state index in [1.165, 1.54) is 27.5 Å². The molecule has 0 aliphatic carbocycles. The van der Waals surface area contributed by atoms with Gasteiger partial charge in [-0.15, -0.1) is 12.4 Å². The predicted octanol–water partition coefficient (Wildman–Crippen LogP) is 4.57. The summed E-state index contributed by atoms with van der Waals surface area (Å²) < 4.78 is 6.90. The number of aromatic nitrogens is 1. The number of benzene rings is 1. The average molecular weight is 433 g/mol. The van der Waals surface area contributed by atoms with Crippen molar-refractivity contribution in [3.63, 3.8) is 0 Å². The zero-order chi connectivity index (χ0) is 14.8. The fraction of sp³-hybridized carbons (Fsp3) is 0.471. The highest BCUT2D eigenvalue weighted by Crippen LogP contribution is 2.33. The normalized spacial score (nSPS) is 17.8. The highest BCUT2D eigenvalue weighted by Gasteiger charge is 2.26. The molecule has 0 unspecified atom stereocenters. The van der Waals surface area contributed by atoms with Gasteiger partial charge in [0.05, 0.1) is 18.2 Å². The average Bonchev–Trinajstić information content (AvgIpc) is 2.91. The second-order valence-corrected chi connectivity index (χ2v) is 6.84. The van der Waals surface area contributed by atoms with E-state index in [9.17, 15) is 0 Å². The molecule has 2 heterocycles. The van der Waals surface area contributed by atoms with E-state index in [1.807, 2.05) is 0 Å². The number of pyridine rings is 1. The number of rotatable bonds is 4. The van der Waals surface area contributed by atoms with Crippen LogP contribution in [0, 0.1) is 10.5 Å². The zero-order valence-electron chi connectivity index (χ0n) is 13.0. The van der Waals surface area contributed by atoms with E-state index < -0.39 is 0 Å². The Morgan fingerprint density at radius 2 is 2.18 bits per heavy atom. The molecular weight excluding hydrogens is 411 g/mol. The highest BCUT2D eigenvalue weighted by atomic mass is 127. The molecule has 1 aromatic carbocycles. The van der Waals surface area contributed by atoms with Crippen LogP contribution in [0.1, 0.15) is 25.5 Å². The summed E-state index contributed by atoms with van der Waals surface area (Å²) in [7, 11) is 0. The van der Waals surface area contributed by atoms with Crippen LogP contribution in [-0.4, -0.2) is 30.8 Å². The van der Waals surface area contributed by atoms with Crippen molar-refractivity contribution >= 4 is 51.6 Å². The first-order valence-corrected chi connectivity index (χ1v) is 8.68. The lowest BCUT2D eigenvalue weighted by atomic mass is 10.1. The molecule has 1 fully saturated rings. The summed E-state index contributed by atoms with van der Waals surface area (Å²) in [6.45, 7) is 6.87. The molecule has 0 bridgehead atoms. The molecule has 0 radical (unpaired) electrons. The van der Waals surface area contributed by atoms with Crippen LogP contribution in [0.3, 0.4) is 0 Å². The van der Waals surface area contributed by atoms with Gasteiger partial charge < -0.3 is 9.64 Å². The lowest BCUT2D eigenvalue weighted by Crippen LogP contribution is -2.33. The Balaban J connectivity index is 0.00000176. The zero-order valence-corrected chi connectivity index (χ0v) is 16.0. The Morgan fingerprint density at radius 1 is 1.36 bits per heavy atom. The van der Waals surface area contributed by atoms with Gasteiger partial charge in [-0.05, 0) is 73.5 Å². The molecule has 0 spiro atoms. The van der Waals surface area contributed by atoms with Crippen molar-refractivity contribution in [2.75, 3.05) is 24.7 Å². The van der Waals surface area contributed by atoms with Crippen LogP contribution in [0.25, 0.3) is 10.9 Å². The van der Waals surface area contributed by atoms with Gasteiger partial charge in [0.15, 0.2) is 0 Å². The molecule has 1 saturated heterocycles. The lowest BCUT2D eigenvalue weighted by molar-refractivity contribution is 0.134. The van der Waals surface area contributed by atoms with Crippen LogP contribution in [0.15, 0.2) is 24.3 Å². The second-order valence-electron chi connectivity index (χ2n) is 5.59. The number of fused-ring (bicyclic) bond motifs is 1. The molecule has 1 aromatic heterocycles. The van der Waals surface area contributed by atoms with Gasteiger partial charge in [-0.1, -0.05) is 0 Å². The van der Waals surface area contributed by atoms with Gasteiger partial charge in [-0.2, -0.15) is 0 Å². The van der Waals surface area contributed by atoms with Gasteiger partial charge in [0.1, 0.15) is 0 Å². The largest absolute Gasteiger partial charge is 0.380 e. The fourth-order valence-electron chi connectivity index (χ4n) is 3.13. The van der Waals surface area contributed by atoms with E-state index in [0.29, 0.717) is 6.04 Å². The van der Waals surface area contributed by atoms with Crippen LogP contribution in [0.2, 0.25) is 0 Å². The van der Waals surface area contributed by atoms with Crippen LogP contribution in [0.5, 0.6) is 0 Å². The molecule has 0 amide bonds. The monoisotopic (exact) mass is 432 g/mol. The summed E-state index contributed by atoms with van der Waals surface area (Å²) in [5.74, 6) is 0. The van der Waals surface area contributed by atoms with Gasteiger partial charge in [0.2, 0.25) is 0 Å². The SMILES string of the molecule is CCOC[C@@H]1CCCN1c1cc(C)nc2cc(I)ccc12.Cl. The van der Waals surface area contributed by atoms with Crippen molar-refractivity contribution in [2.24, 2.45) is 0 Å². The molecule has 120 valence electrons. The molecule has 1 aliphatic heterocycles. The molecule has 5 heteroatoms. The molecule has 3 rings (SSSR count). The topological polar surface area (TPSA) is 25.4 Å². The van der Waals surface area contributed by atoms with Crippen molar-refractivity contribution in [1.82, 2.24) is 4.98 Å². The summed E-state index contributed by atoms with van der Waals surface area (Å²) in [5.41, 5.74) is 3.50. The number of anilines is 1. The van der Waals surface area contributed by atoms with Gasteiger partial charge >= 0.3 is 0 Å². The van der Waals surface area contributed by atoms with E-state index in [0.717, 1.165) is 31.0 Å². The van der Waals surface area contributed by atoms with E-state index in [2.05, 4.69) is 65.6 Å². The molecule has 22 heavy (non-hydrogen) atoms. The Bertz CT molecular complexity index is 645. The molecule has 0 saturated carbocycles. The maximum absolute atomic E-state index is 5.67. The minimum absolute atomic E-state index is 0. The first-order chi connectivity index (χ1) is 10.2. The molecule has 0 N–H and O–H groups in total. The molecular formula is C17H22ClIN2O. The third-order valence-corrected chi connectivity index (χ3v) is 4.75. The summed E-state index contributed by atoms with van der Waals surface area (Å²) in [6.07, 6.45) is 2.46. The Morgan fingerprint density at radius 3 is 2.95 bits per heavy atom. The minimum atomic E-state index is 0. The van der Waals surface area contributed by atoms with Gasteiger partial charge in [0, 0.05) is 33.5 Å². The molecule has 2 aromatic rings. The van der Waals surface area contributed by atoms with Crippen molar-refractivity contribution in [3.05, 3.63) is 33.5 Å². The van der Waals surface area contributed by atoms with Crippen LogP contribution >= 0.6 is 35.0 Å². The maximum Gasteiger partial charge on any atom is 0.0736 e. The number of ether oxygens (including phenoxy) is 1. The second kappa shape index (κ2) is 7.79. The predicted molar refractivity (Wildman–Crippen MR) is 103 cm³/mol. The molecule has 1 aliphatic rings. The minimum Gasteiger partial charge on any atom is -0.380 e. The number of hydrogen-bond donors (Lipinski definition) is 0. The van der Waals surface area contributed by atoms with Gasteiger partial charge in [-0.25, -0.2) is 0 Å². The molecule has 1 atom stereocenters. The lowest BCUT2D eigenvalue weighted by Gasteiger charge is -2.28. The number of hydrogen-bond acceptors (Lipinski definition) is 3. The van der Waals surface area contributed by atoms with Gasteiger partial charge in [0.25, 0.3) is 0 Å². The first kappa shape index (κ1) is 17.8. The van der Waals surface area contributed by atoms with E-state index >= 15 is 0 Å². The summed E-state index contributed by atoms with van der Waals surface area (Å²) in [5, 5.41) is 1.25. The Hall–Kier alpha value is -0.590. The van der Waals surface area contributed by atoms with E-state index in [-0.39, 0.29) is 12.4 Å². The first-order valence-electron chi connectivity index (χ1n) is 7.60. The Kier molecular flexibility index (Phi) is 6.29. The van der Waals surface area contributed by atoms with Crippen molar-refractivity contribution in [2.45, 2.75) is 32.7 Å². The highest BCUT2D eigenvalue weighted by molar-refractivity contribution is 14.1. The standard InChI is InChI=1S/C17H21IN2O.ClH/c1-3-21-11-14-5-4-8-20(14)17-9-12(2)19-16-10-13(18)6-7-15(16)17;/h6-7,9-10,14H,3-5,8,11H2,1-2H3;1H/t14-;/m0./s1. The fourth-order valence-corrected chi connectivity index (χ4v) is 3.60. The van der Waals surface area contributed by atoms with Gasteiger partial charge in [-0.3, -0.25) is 4.98 Å². The van der Waals surface area contributed by atoms with Crippen LogP contribution in [0.4, 0.5) is 5.69 Å². The third-order valence-electron chi connectivity index (χ3n) is 4.08. The summed E-state index contributed by atoms with van der Waals surface area (Å²) in [4.78, 5) is 7.21.